The third kappa shape index (κ3) is 3.81. The van der Waals surface area contributed by atoms with Gasteiger partial charge in [0.1, 0.15) is 11.6 Å². The molecule has 0 spiro atoms. The molecule has 0 fully saturated rings. The Hall–Kier alpha value is -1.09. The summed E-state index contributed by atoms with van der Waals surface area (Å²) in [4.78, 5) is 0. The molecule has 1 N–H and O–H groups in total. The van der Waals surface area contributed by atoms with Crippen molar-refractivity contribution in [3.63, 3.8) is 0 Å². The smallest absolute Gasteiger partial charge is 0.125 e. The molecule has 0 aromatic heterocycles. The summed E-state index contributed by atoms with van der Waals surface area (Å²) in [5.41, 5.74) is 0.511. The van der Waals surface area contributed by atoms with Crippen molar-refractivity contribution in [3.05, 3.63) is 29.6 Å². The maximum Gasteiger partial charge on any atom is 0.125 e. The normalized spacial score (nSPS) is 12.5. The third-order valence-electron chi connectivity index (χ3n) is 2.43. The maximum absolute atomic E-state index is 13.0. The first-order valence-electron chi connectivity index (χ1n) is 5.75. The van der Waals surface area contributed by atoms with Crippen LogP contribution in [0.5, 0.6) is 5.75 Å². The lowest BCUT2D eigenvalue weighted by Crippen LogP contribution is -2.02. The number of hydrogen-bond donors (Lipinski definition) is 1. The Bertz CT molecular complexity index is 324. The Balaban J connectivity index is 2.64. The van der Waals surface area contributed by atoms with Gasteiger partial charge in [-0.25, -0.2) is 4.39 Å². The van der Waals surface area contributed by atoms with Crippen LogP contribution < -0.4 is 4.74 Å². The summed E-state index contributed by atoms with van der Waals surface area (Å²) in [5.74, 6) is 0.226. The van der Waals surface area contributed by atoms with Crippen LogP contribution in [-0.2, 0) is 0 Å². The van der Waals surface area contributed by atoms with E-state index < -0.39 is 6.10 Å². The first-order chi connectivity index (χ1) is 7.65. The highest BCUT2D eigenvalue weighted by molar-refractivity contribution is 5.35. The van der Waals surface area contributed by atoms with Crippen molar-refractivity contribution in [1.29, 1.82) is 0 Å². The van der Waals surface area contributed by atoms with Crippen molar-refractivity contribution in [1.82, 2.24) is 0 Å². The zero-order chi connectivity index (χ0) is 12.0. The second-order valence-electron chi connectivity index (χ2n) is 3.91. The average molecular weight is 226 g/mol. The van der Waals surface area contributed by atoms with Gasteiger partial charge in [-0.15, -0.1) is 0 Å². The summed E-state index contributed by atoms with van der Waals surface area (Å²) in [5, 5.41) is 9.49. The first kappa shape index (κ1) is 13.0. The van der Waals surface area contributed by atoms with E-state index in [2.05, 4.69) is 6.92 Å². The summed E-state index contributed by atoms with van der Waals surface area (Å²) in [6.45, 7) is 4.34. The number of ether oxygens (including phenoxy) is 1. The van der Waals surface area contributed by atoms with Gasteiger partial charge in [-0.05, 0) is 31.5 Å². The Morgan fingerprint density at radius 1 is 1.38 bits per heavy atom. The van der Waals surface area contributed by atoms with Gasteiger partial charge in [0.2, 0.25) is 0 Å². The molecule has 0 aliphatic heterocycles. The van der Waals surface area contributed by atoms with Gasteiger partial charge >= 0.3 is 0 Å². The van der Waals surface area contributed by atoms with Crippen LogP contribution in [0, 0.1) is 5.82 Å². The van der Waals surface area contributed by atoms with E-state index in [0.717, 1.165) is 19.3 Å². The third-order valence-corrected chi connectivity index (χ3v) is 2.43. The minimum atomic E-state index is -0.711. The van der Waals surface area contributed by atoms with E-state index in [4.69, 9.17) is 4.74 Å². The summed E-state index contributed by atoms with van der Waals surface area (Å²) >= 11 is 0. The minimum absolute atomic E-state index is 0.350. The fraction of sp³-hybridized carbons (Fsp3) is 0.538. The molecule has 0 radical (unpaired) electrons. The second kappa shape index (κ2) is 6.48. The highest BCUT2D eigenvalue weighted by atomic mass is 19.1. The highest BCUT2D eigenvalue weighted by Crippen LogP contribution is 2.26. The lowest BCUT2D eigenvalue weighted by Gasteiger charge is -2.13. The van der Waals surface area contributed by atoms with E-state index in [-0.39, 0.29) is 5.82 Å². The zero-order valence-corrected chi connectivity index (χ0v) is 9.87. The molecule has 0 amide bonds. The van der Waals surface area contributed by atoms with Gasteiger partial charge in [0.05, 0.1) is 12.7 Å². The Morgan fingerprint density at radius 2 is 2.12 bits per heavy atom. The Morgan fingerprint density at radius 3 is 2.75 bits per heavy atom. The maximum atomic E-state index is 13.0. The van der Waals surface area contributed by atoms with Crippen LogP contribution in [0.1, 0.15) is 44.8 Å². The molecule has 90 valence electrons. The summed E-state index contributed by atoms with van der Waals surface area (Å²) in [6, 6.07) is 4.24. The quantitative estimate of drug-likeness (QED) is 0.753. The molecule has 0 aliphatic carbocycles. The van der Waals surface area contributed by atoms with Crippen LogP contribution >= 0.6 is 0 Å². The van der Waals surface area contributed by atoms with E-state index in [1.807, 2.05) is 0 Å². The van der Waals surface area contributed by atoms with Gasteiger partial charge in [-0.2, -0.15) is 0 Å². The van der Waals surface area contributed by atoms with Gasteiger partial charge in [0.15, 0.2) is 0 Å². The van der Waals surface area contributed by atoms with Gasteiger partial charge in [-0.1, -0.05) is 19.8 Å². The van der Waals surface area contributed by atoms with E-state index >= 15 is 0 Å². The first-order valence-corrected chi connectivity index (χ1v) is 5.75. The fourth-order valence-corrected chi connectivity index (χ4v) is 1.51. The van der Waals surface area contributed by atoms with Crippen LogP contribution in [0.4, 0.5) is 4.39 Å². The van der Waals surface area contributed by atoms with E-state index in [1.54, 1.807) is 13.0 Å². The number of benzene rings is 1. The van der Waals surface area contributed by atoms with E-state index in [1.165, 1.54) is 12.1 Å². The molecule has 0 unspecified atom stereocenters. The monoisotopic (exact) mass is 226 g/mol. The van der Waals surface area contributed by atoms with Crippen molar-refractivity contribution < 1.29 is 14.2 Å². The van der Waals surface area contributed by atoms with E-state index in [9.17, 15) is 9.50 Å². The summed E-state index contributed by atoms with van der Waals surface area (Å²) < 4.78 is 18.5. The molecule has 0 aliphatic rings. The molecule has 0 saturated carbocycles. The van der Waals surface area contributed by atoms with Gasteiger partial charge in [0, 0.05) is 5.56 Å². The average Bonchev–Trinajstić information content (AvgIpc) is 2.26. The molecular weight excluding hydrogens is 207 g/mol. The number of aliphatic hydroxyl groups is 1. The predicted molar refractivity (Wildman–Crippen MR) is 62.1 cm³/mol. The van der Waals surface area contributed by atoms with E-state index in [0.29, 0.717) is 17.9 Å². The van der Waals surface area contributed by atoms with Crippen molar-refractivity contribution in [2.45, 2.75) is 39.2 Å². The Labute approximate surface area is 96.1 Å². The number of hydrogen-bond acceptors (Lipinski definition) is 2. The molecule has 3 heteroatoms. The fourth-order valence-electron chi connectivity index (χ4n) is 1.51. The van der Waals surface area contributed by atoms with Crippen LogP contribution in [0.3, 0.4) is 0 Å². The largest absolute Gasteiger partial charge is 0.493 e. The van der Waals surface area contributed by atoms with Crippen LogP contribution in [0.2, 0.25) is 0 Å². The van der Waals surface area contributed by atoms with Gasteiger partial charge in [-0.3, -0.25) is 0 Å². The highest BCUT2D eigenvalue weighted by Gasteiger charge is 2.10. The summed E-state index contributed by atoms with van der Waals surface area (Å²) in [7, 11) is 0. The number of halogens is 1. The Kier molecular flexibility index (Phi) is 5.26. The molecule has 1 aromatic carbocycles. The zero-order valence-electron chi connectivity index (χ0n) is 9.87. The molecule has 16 heavy (non-hydrogen) atoms. The van der Waals surface area contributed by atoms with Crippen molar-refractivity contribution in [3.8, 4) is 5.75 Å². The second-order valence-corrected chi connectivity index (χ2v) is 3.91. The molecule has 1 atom stereocenters. The minimum Gasteiger partial charge on any atom is -0.493 e. The lowest BCUT2D eigenvalue weighted by atomic mass is 10.1. The molecule has 0 bridgehead atoms. The SMILES string of the molecule is CCCCCOc1ccc(F)cc1[C@@H](C)O. The number of rotatable bonds is 6. The van der Waals surface area contributed by atoms with Gasteiger partial charge < -0.3 is 9.84 Å². The number of unbranched alkanes of at least 4 members (excludes halogenated alkanes) is 2. The lowest BCUT2D eigenvalue weighted by molar-refractivity contribution is 0.190. The van der Waals surface area contributed by atoms with Gasteiger partial charge in [0.25, 0.3) is 0 Å². The molecular formula is C13H19FO2. The van der Waals surface area contributed by atoms with Crippen LogP contribution in [0.15, 0.2) is 18.2 Å². The summed E-state index contributed by atoms with van der Waals surface area (Å²) in [6.07, 6.45) is 2.52. The number of aliphatic hydroxyl groups excluding tert-OH is 1. The molecule has 1 aromatic rings. The van der Waals surface area contributed by atoms with Crippen molar-refractivity contribution in [2.75, 3.05) is 6.61 Å². The standard InChI is InChI=1S/C13H19FO2/c1-3-4-5-8-16-13-7-6-11(14)9-12(13)10(2)15/h6-7,9-10,15H,3-5,8H2,1-2H3/t10-/m1/s1. The topological polar surface area (TPSA) is 29.5 Å². The molecule has 1 rings (SSSR count). The molecule has 2 nitrogen and oxygen atoms in total. The molecule has 0 heterocycles. The van der Waals surface area contributed by atoms with Crippen LogP contribution in [0.25, 0.3) is 0 Å². The van der Waals surface area contributed by atoms with Crippen molar-refractivity contribution in [2.24, 2.45) is 0 Å². The van der Waals surface area contributed by atoms with Crippen molar-refractivity contribution >= 4 is 0 Å². The van der Waals surface area contributed by atoms with Crippen LogP contribution in [-0.4, -0.2) is 11.7 Å². The molecule has 0 saturated heterocycles. The predicted octanol–water partition coefficient (Wildman–Crippen LogP) is 3.45.